The van der Waals surface area contributed by atoms with Crippen LogP contribution < -0.4 is 14.2 Å². The third kappa shape index (κ3) is 53.5. The van der Waals surface area contributed by atoms with E-state index in [0.29, 0.717) is 11.1 Å². The Morgan fingerprint density at radius 3 is 0.884 bits per heavy atom. The first kappa shape index (κ1) is 135. The van der Waals surface area contributed by atoms with Crippen molar-refractivity contribution in [2.75, 3.05) is 14.2 Å². The summed E-state index contributed by atoms with van der Waals surface area (Å²) in [5.41, 5.74) is 21.0. The molecule has 0 fully saturated rings. The lowest BCUT2D eigenvalue weighted by Gasteiger charge is -2.21. The molecule has 0 saturated carbocycles. The van der Waals surface area contributed by atoms with E-state index in [2.05, 4.69) is 342 Å². The zero-order chi connectivity index (χ0) is 114. The van der Waals surface area contributed by atoms with Crippen LogP contribution in [0.5, 0.6) is 17.2 Å². The van der Waals surface area contributed by atoms with Crippen LogP contribution >= 0.6 is 34.8 Å². The Kier molecular flexibility index (Phi) is 52.3. The Balaban J connectivity index is 0.000000803. The van der Waals surface area contributed by atoms with E-state index >= 15 is 0 Å². The van der Waals surface area contributed by atoms with E-state index in [1.54, 1.807) is 56.7 Å². The number of hydrogen-bond donors (Lipinski definition) is 0. The summed E-state index contributed by atoms with van der Waals surface area (Å²) >= 11 is 17.7. The Bertz CT molecular complexity index is 5750. The molecule has 12 aromatic carbocycles. The monoisotopic (exact) mass is 2090 g/mol. The van der Waals surface area contributed by atoms with Crippen molar-refractivity contribution in [3.63, 3.8) is 0 Å². The van der Waals surface area contributed by atoms with Crippen LogP contribution in [0.15, 0.2) is 273 Å². The first-order valence-electron chi connectivity index (χ1n) is 50.2. The normalized spacial score (nSPS) is 12.0. The highest BCUT2D eigenvalue weighted by Gasteiger charge is 2.35. The minimum absolute atomic E-state index is 0.0437. The van der Waals surface area contributed by atoms with Crippen molar-refractivity contribution in [1.82, 2.24) is 0 Å². The largest absolute Gasteiger partial charge is 0.573 e. The molecule has 12 rings (SSSR count). The maximum absolute atomic E-state index is 12.7. The number of ether oxygens (including phenoxy) is 3. The molecule has 147 heavy (non-hydrogen) atoms. The van der Waals surface area contributed by atoms with Gasteiger partial charge in [0.05, 0.1) is 25.3 Å². The standard InChI is InChI=1S/C12H15F3.C12H18.C11H13F3O.C11H13F3.2C11H16O.3C11H16.C10H12Cl2.C10H13Cl.C10H13F/c1-8-5-6-9(11(2,3)4)7-10(8)12(13,14)15;1-9-6-7-11(8-10(9)2)12(3,4)5;1-10(2,3)8-5-4-6-9(7-8)15-11(12,13)14;1-10(2,3)8-5-4-6-9(7-8)11(12,13)14;1-11(2,3)9-6-5-7-10(8-9)12-4;1-11(2,3)9-7-5-6-8-10(9)12-4;1-9-5-7-10(8-6-9)11(2,3)4;1-9-6-5-7-10(8-9)11(2,3)4;1-9-7-5-6-8-10(9)11(2,3)4;1-10(2,3)8-6-7(11)4-5-9(8)12;2*1-10(2,3)8-5-4-6-9(11)7-8/h5-7H,1-4H3;6-8H,1-5H3;4-7H,1-3H3;4-7H,1-3H3;2*5-8H,1-4H3;3*5-8H,1-4H3;4-6H,1-3H3;2*4-7H,1-3H3. The van der Waals surface area contributed by atoms with Gasteiger partial charge in [0.2, 0.25) is 0 Å². The van der Waals surface area contributed by atoms with Crippen molar-refractivity contribution >= 4 is 34.8 Å². The molecular weight excluding hydrogens is 1920 g/mol. The zero-order valence-electron chi connectivity index (χ0n) is 97.1. The number of para-hydroxylation sites is 1. The fourth-order valence-electron chi connectivity index (χ4n) is 13.8. The van der Waals surface area contributed by atoms with Crippen LogP contribution in [-0.4, -0.2) is 20.6 Å². The average molecular weight is 2100 g/mol. The highest BCUT2D eigenvalue weighted by molar-refractivity contribution is 6.33. The number of alkyl halides is 9. The summed E-state index contributed by atoms with van der Waals surface area (Å²) in [6, 6.07) is 85.4. The van der Waals surface area contributed by atoms with E-state index in [9.17, 15) is 43.9 Å². The van der Waals surface area contributed by atoms with Gasteiger partial charge in [-0.15, -0.1) is 13.2 Å². The molecular formula is C131H177Cl3F10O3. The van der Waals surface area contributed by atoms with Gasteiger partial charge in [-0.1, -0.05) is 483 Å². The molecule has 0 radical (unpaired) electrons. The first-order valence-corrected chi connectivity index (χ1v) is 51.3. The summed E-state index contributed by atoms with van der Waals surface area (Å²) in [5.74, 6) is 1.58. The lowest BCUT2D eigenvalue weighted by Crippen LogP contribution is -2.18. The maximum Gasteiger partial charge on any atom is 0.573 e. The third-order valence-electron chi connectivity index (χ3n) is 23.5. The molecule has 3 nitrogen and oxygen atoms in total. The van der Waals surface area contributed by atoms with E-state index in [1.807, 2.05) is 129 Å². The van der Waals surface area contributed by atoms with Gasteiger partial charge < -0.3 is 14.2 Å². The van der Waals surface area contributed by atoms with E-state index in [-0.39, 0.29) is 82.1 Å². The van der Waals surface area contributed by atoms with Crippen molar-refractivity contribution in [2.24, 2.45) is 0 Å². The molecule has 0 atom stereocenters. The van der Waals surface area contributed by atoms with Gasteiger partial charge in [-0.3, -0.25) is 0 Å². The molecule has 0 amide bonds. The van der Waals surface area contributed by atoms with Gasteiger partial charge in [-0.2, -0.15) is 26.3 Å². The Morgan fingerprint density at radius 2 is 0.537 bits per heavy atom. The van der Waals surface area contributed by atoms with Gasteiger partial charge in [0, 0.05) is 15.1 Å². The zero-order valence-corrected chi connectivity index (χ0v) is 99.4. The molecule has 12 aromatic rings. The fraction of sp³-hybridized carbons (Fsp3) is 0.450. The summed E-state index contributed by atoms with van der Waals surface area (Å²) in [6.45, 7) is 88.5. The molecule has 0 aliphatic carbocycles. The lowest BCUT2D eigenvalue weighted by atomic mass is 9.84. The van der Waals surface area contributed by atoms with Crippen LogP contribution in [0, 0.1) is 47.4 Å². The van der Waals surface area contributed by atoms with Gasteiger partial charge in [-0.05, 0) is 280 Å². The number of benzene rings is 12. The smallest absolute Gasteiger partial charge is 0.497 e. The second-order valence-corrected chi connectivity index (χ2v) is 50.9. The van der Waals surface area contributed by atoms with Crippen LogP contribution in [0.2, 0.25) is 15.1 Å². The van der Waals surface area contributed by atoms with Gasteiger partial charge in [-0.25, -0.2) is 4.39 Å². The van der Waals surface area contributed by atoms with Crippen LogP contribution in [0.25, 0.3) is 0 Å². The summed E-state index contributed by atoms with van der Waals surface area (Å²) < 4.78 is 138. The molecule has 0 aliphatic heterocycles. The quantitative estimate of drug-likeness (QED) is 0.165. The number of aryl methyl sites for hydroxylation is 6. The molecule has 0 saturated heterocycles. The van der Waals surface area contributed by atoms with E-state index in [0.717, 1.165) is 49.3 Å². The first-order chi connectivity index (χ1) is 66.4. The molecule has 0 N–H and O–H groups in total. The Hall–Kier alpha value is -9.79. The third-order valence-corrected chi connectivity index (χ3v) is 24.3. The van der Waals surface area contributed by atoms with Crippen molar-refractivity contribution < 1.29 is 58.1 Å². The van der Waals surface area contributed by atoms with Gasteiger partial charge >= 0.3 is 18.7 Å². The van der Waals surface area contributed by atoms with Crippen molar-refractivity contribution in [3.8, 4) is 17.2 Å². The van der Waals surface area contributed by atoms with Crippen LogP contribution in [0.3, 0.4) is 0 Å². The van der Waals surface area contributed by atoms with Crippen molar-refractivity contribution in [1.29, 1.82) is 0 Å². The van der Waals surface area contributed by atoms with E-state index < -0.39 is 29.8 Å². The van der Waals surface area contributed by atoms with E-state index in [1.165, 1.54) is 116 Å². The second-order valence-electron chi connectivity index (χ2n) is 49.6. The summed E-state index contributed by atoms with van der Waals surface area (Å²) in [4.78, 5) is 0. The van der Waals surface area contributed by atoms with Gasteiger partial charge in [0.1, 0.15) is 23.1 Å². The molecule has 16 heteroatoms. The molecule has 0 spiro atoms. The molecule has 810 valence electrons. The molecule has 0 unspecified atom stereocenters. The molecule has 0 aromatic heterocycles. The highest BCUT2D eigenvalue weighted by Crippen LogP contribution is 2.40. The topological polar surface area (TPSA) is 27.7 Å². The average Bonchev–Trinajstić information content (AvgIpc) is 0.785. The minimum atomic E-state index is -4.63. The van der Waals surface area contributed by atoms with Crippen LogP contribution in [-0.2, 0) is 77.3 Å². The SMILES string of the molecule is CC(C)(C)c1cc(Cl)ccc1Cl.CC(C)(C)c1cccc(C(F)(F)F)c1.CC(C)(C)c1cccc(Cl)c1.CC(C)(C)c1cccc(F)c1.CC(C)(C)c1cccc(OC(F)(F)F)c1.COc1cccc(C(C)(C)C)c1.COc1ccccc1C(C)(C)C.Cc1ccc(C(C)(C)C)cc1.Cc1ccc(C(C)(C)C)cc1C.Cc1ccc(C(C)(C)C)cc1C(F)(F)F.Cc1cccc(C(C)(C)C)c1.Cc1ccccc1C(C)(C)C. The lowest BCUT2D eigenvalue weighted by molar-refractivity contribution is -0.274. The number of halogens is 13. The Morgan fingerprint density at radius 1 is 0.204 bits per heavy atom. The summed E-state index contributed by atoms with van der Waals surface area (Å²) in [6.07, 6.45) is -13.1. The summed E-state index contributed by atoms with van der Waals surface area (Å²) in [5, 5.41) is 2.34. The minimum Gasteiger partial charge on any atom is -0.497 e. The van der Waals surface area contributed by atoms with Crippen molar-refractivity contribution in [3.05, 3.63) is 405 Å². The van der Waals surface area contributed by atoms with Gasteiger partial charge in [0.25, 0.3) is 0 Å². The summed E-state index contributed by atoms with van der Waals surface area (Å²) in [7, 11) is 3.41. The second kappa shape index (κ2) is 56.9. The van der Waals surface area contributed by atoms with Gasteiger partial charge in [0.15, 0.2) is 0 Å². The van der Waals surface area contributed by atoms with Crippen molar-refractivity contribution in [2.45, 2.75) is 374 Å². The molecule has 0 aliphatic rings. The van der Waals surface area contributed by atoms with E-state index in [4.69, 9.17) is 44.3 Å². The predicted octanol–water partition coefficient (Wildman–Crippen LogP) is 42.7. The fourth-order valence-corrected chi connectivity index (χ4v) is 14.6. The number of hydrogen-bond acceptors (Lipinski definition) is 3. The molecule has 0 bridgehead atoms. The maximum atomic E-state index is 12.7. The number of rotatable bonds is 3. The molecule has 0 heterocycles. The number of methoxy groups -OCH3 is 2. The highest BCUT2D eigenvalue weighted by atomic mass is 35.5. The predicted molar refractivity (Wildman–Crippen MR) is 615 cm³/mol. The van der Waals surface area contributed by atoms with Crippen LogP contribution in [0.1, 0.15) is 361 Å². The van der Waals surface area contributed by atoms with Crippen LogP contribution in [0.4, 0.5) is 43.9 Å². The Labute approximate surface area is 898 Å².